The van der Waals surface area contributed by atoms with Crippen molar-refractivity contribution in [1.29, 1.82) is 0 Å². The molecule has 1 amide bonds. The topological polar surface area (TPSA) is 49.3 Å². The van der Waals surface area contributed by atoms with Gasteiger partial charge < -0.3 is 10.4 Å². The summed E-state index contributed by atoms with van der Waals surface area (Å²) in [7, 11) is 0. The molecule has 1 aromatic rings. The van der Waals surface area contributed by atoms with Crippen molar-refractivity contribution >= 4 is 17.5 Å². The lowest BCUT2D eigenvalue weighted by atomic mass is 10.0. The van der Waals surface area contributed by atoms with Gasteiger partial charge in [0.05, 0.1) is 14.0 Å². The Morgan fingerprint density at radius 2 is 2.22 bits per heavy atom. The number of rotatable bonds is 4. The zero-order valence-corrected chi connectivity index (χ0v) is 10.7. The van der Waals surface area contributed by atoms with Gasteiger partial charge in [0, 0.05) is 10.6 Å². The van der Waals surface area contributed by atoms with E-state index < -0.39 is 30.5 Å². The summed E-state index contributed by atoms with van der Waals surface area (Å²) in [5, 5.41) is 11.3. The molecule has 0 aliphatic heterocycles. The number of carbonyl (C=O) groups excluding carboxylic acids is 1. The number of hydrogen-bond donors (Lipinski definition) is 2. The van der Waals surface area contributed by atoms with Crippen molar-refractivity contribution in [2.45, 2.75) is 32.6 Å². The quantitative estimate of drug-likeness (QED) is 0.889. The van der Waals surface area contributed by atoms with Crippen LogP contribution in [0.5, 0.6) is 0 Å². The molecule has 0 fully saturated rings. The number of aliphatic hydroxyl groups excluding tert-OH is 1. The van der Waals surface area contributed by atoms with Crippen molar-refractivity contribution in [1.82, 2.24) is 5.32 Å². The molecule has 100 valence electrons. The van der Waals surface area contributed by atoms with Gasteiger partial charge in [-0.25, -0.2) is 8.78 Å². The molecular formula is C12H14ClF2NO2. The van der Waals surface area contributed by atoms with Gasteiger partial charge in [0.25, 0.3) is 5.91 Å². The molecule has 0 aliphatic rings. The van der Waals surface area contributed by atoms with E-state index in [-0.39, 0.29) is 16.1 Å². The van der Waals surface area contributed by atoms with Crippen LogP contribution < -0.4 is 5.32 Å². The van der Waals surface area contributed by atoms with Crippen LogP contribution in [-0.2, 0) is 11.4 Å². The summed E-state index contributed by atoms with van der Waals surface area (Å²) in [6.07, 6.45) is -1.80. The summed E-state index contributed by atoms with van der Waals surface area (Å²) in [5.41, 5.74) is 0.0985. The standard InChI is InChI=1S/C12H14ClF2NO2/c1-6(14)12(18)16-7(2)9-3-8(15)4-11(13)10(9)5-17/h3-4,6-7,17H,5H2,1-2H3,(H,16,18)/i7D. The minimum absolute atomic E-state index is 0.0194. The first-order chi connectivity index (χ1) is 8.69. The SMILES string of the molecule is [2H]C(C)(NC(=O)C(C)F)c1cc(F)cc(Cl)c1CO. The highest BCUT2D eigenvalue weighted by atomic mass is 35.5. The van der Waals surface area contributed by atoms with Crippen LogP contribution in [0.1, 0.15) is 32.4 Å². The zero-order chi connectivity index (χ0) is 14.8. The highest BCUT2D eigenvalue weighted by molar-refractivity contribution is 6.31. The summed E-state index contributed by atoms with van der Waals surface area (Å²) in [4.78, 5) is 11.3. The first-order valence-electron chi connectivity index (χ1n) is 5.74. The van der Waals surface area contributed by atoms with Crippen LogP contribution in [0.15, 0.2) is 12.1 Å². The van der Waals surface area contributed by atoms with Gasteiger partial charge in [-0.05, 0) is 31.5 Å². The molecule has 2 N–H and O–H groups in total. The number of hydrogen-bond acceptors (Lipinski definition) is 2. The Labute approximate surface area is 110 Å². The molecule has 0 spiro atoms. The Kier molecular flexibility index (Phi) is 4.49. The van der Waals surface area contributed by atoms with Crippen LogP contribution in [0, 0.1) is 5.82 Å². The minimum Gasteiger partial charge on any atom is -0.392 e. The number of halogens is 3. The average Bonchev–Trinajstić information content (AvgIpc) is 2.27. The Morgan fingerprint density at radius 3 is 2.72 bits per heavy atom. The Morgan fingerprint density at radius 1 is 1.61 bits per heavy atom. The fourth-order valence-corrected chi connectivity index (χ4v) is 1.72. The largest absolute Gasteiger partial charge is 0.392 e. The minimum atomic E-state index is -1.80. The fourth-order valence-electron chi connectivity index (χ4n) is 1.45. The second kappa shape index (κ2) is 6.11. The van der Waals surface area contributed by atoms with Crippen LogP contribution in [0.3, 0.4) is 0 Å². The smallest absolute Gasteiger partial charge is 0.254 e. The maximum Gasteiger partial charge on any atom is 0.254 e. The molecule has 6 heteroatoms. The maximum atomic E-state index is 13.3. The molecule has 0 radical (unpaired) electrons. The number of aliphatic hydroxyl groups is 1. The summed E-state index contributed by atoms with van der Waals surface area (Å²) in [6, 6.07) is 0.168. The molecule has 0 bridgehead atoms. The lowest BCUT2D eigenvalue weighted by Crippen LogP contribution is -2.33. The first kappa shape index (κ1) is 13.2. The van der Waals surface area contributed by atoms with E-state index in [1.54, 1.807) is 0 Å². The number of alkyl halides is 1. The van der Waals surface area contributed by atoms with Crippen molar-refractivity contribution in [3.8, 4) is 0 Å². The highest BCUT2D eigenvalue weighted by Crippen LogP contribution is 2.26. The van der Waals surface area contributed by atoms with Crippen molar-refractivity contribution in [3.63, 3.8) is 0 Å². The van der Waals surface area contributed by atoms with Gasteiger partial charge >= 0.3 is 0 Å². The van der Waals surface area contributed by atoms with Gasteiger partial charge in [0.1, 0.15) is 5.82 Å². The lowest BCUT2D eigenvalue weighted by Gasteiger charge is -2.18. The van der Waals surface area contributed by atoms with Crippen LogP contribution in [0.25, 0.3) is 0 Å². The number of nitrogens with one attached hydrogen (secondary N) is 1. The number of carbonyl (C=O) groups is 1. The van der Waals surface area contributed by atoms with E-state index in [4.69, 9.17) is 13.0 Å². The fraction of sp³-hybridized carbons (Fsp3) is 0.417. The molecule has 2 atom stereocenters. The zero-order valence-electron chi connectivity index (χ0n) is 10.9. The first-order valence-corrected chi connectivity index (χ1v) is 5.62. The predicted molar refractivity (Wildman–Crippen MR) is 64.5 cm³/mol. The van der Waals surface area contributed by atoms with E-state index in [1.807, 2.05) is 0 Å². The van der Waals surface area contributed by atoms with Crippen LogP contribution in [0.2, 0.25) is 5.02 Å². The highest BCUT2D eigenvalue weighted by Gasteiger charge is 2.19. The van der Waals surface area contributed by atoms with Crippen LogP contribution in [-0.4, -0.2) is 17.2 Å². The molecule has 18 heavy (non-hydrogen) atoms. The Bertz CT molecular complexity index is 495. The lowest BCUT2D eigenvalue weighted by molar-refractivity contribution is -0.126. The molecule has 0 aromatic heterocycles. The van der Waals surface area contributed by atoms with E-state index in [2.05, 4.69) is 5.32 Å². The summed E-state index contributed by atoms with van der Waals surface area (Å²) >= 11 is 5.77. The monoisotopic (exact) mass is 278 g/mol. The second-order valence-corrected chi connectivity index (χ2v) is 4.21. The van der Waals surface area contributed by atoms with Gasteiger partial charge in [0.15, 0.2) is 6.17 Å². The molecule has 0 heterocycles. The average molecular weight is 279 g/mol. The molecular weight excluding hydrogens is 264 g/mol. The molecule has 0 aliphatic carbocycles. The van der Waals surface area contributed by atoms with Crippen LogP contribution in [0.4, 0.5) is 8.78 Å². The van der Waals surface area contributed by atoms with E-state index in [0.717, 1.165) is 19.1 Å². The second-order valence-electron chi connectivity index (χ2n) is 3.80. The van der Waals surface area contributed by atoms with E-state index in [0.29, 0.717) is 0 Å². The third-order valence-electron chi connectivity index (χ3n) is 2.39. The molecule has 2 unspecified atom stereocenters. The Hall–Kier alpha value is -1.20. The van der Waals surface area contributed by atoms with Crippen molar-refractivity contribution in [3.05, 3.63) is 34.1 Å². The normalized spacial score (nSPS) is 16.7. The summed E-state index contributed by atoms with van der Waals surface area (Å²) in [6.45, 7) is 1.75. The third-order valence-corrected chi connectivity index (χ3v) is 2.73. The van der Waals surface area contributed by atoms with Crippen LogP contribution >= 0.6 is 11.6 Å². The Balaban J connectivity index is 3.23. The summed E-state index contributed by atoms with van der Waals surface area (Å²) in [5.74, 6) is -1.71. The maximum absolute atomic E-state index is 13.3. The van der Waals surface area contributed by atoms with Gasteiger partial charge in [-0.3, -0.25) is 4.79 Å². The van der Waals surface area contributed by atoms with E-state index in [9.17, 15) is 18.7 Å². The molecule has 0 saturated heterocycles. The van der Waals surface area contributed by atoms with E-state index >= 15 is 0 Å². The summed E-state index contributed by atoms with van der Waals surface area (Å²) < 4.78 is 34.2. The van der Waals surface area contributed by atoms with Crippen molar-refractivity contribution in [2.24, 2.45) is 0 Å². The van der Waals surface area contributed by atoms with Gasteiger partial charge in [-0.1, -0.05) is 11.6 Å². The van der Waals surface area contributed by atoms with Crippen molar-refractivity contribution < 1.29 is 20.1 Å². The van der Waals surface area contributed by atoms with Gasteiger partial charge in [-0.15, -0.1) is 0 Å². The van der Waals surface area contributed by atoms with E-state index in [1.165, 1.54) is 6.92 Å². The number of benzene rings is 1. The third kappa shape index (κ3) is 3.40. The van der Waals surface area contributed by atoms with Gasteiger partial charge in [0.2, 0.25) is 0 Å². The molecule has 1 rings (SSSR count). The molecule has 1 aromatic carbocycles. The predicted octanol–water partition coefficient (Wildman–Crippen LogP) is 2.51. The van der Waals surface area contributed by atoms with Gasteiger partial charge in [-0.2, -0.15) is 0 Å². The number of amides is 1. The molecule has 0 saturated carbocycles. The van der Waals surface area contributed by atoms with Crippen molar-refractivity contribution in [2.75, 3.05) is 0 Å². The molecule has 3 nitrogen and oxygen atoms in total.